The molecular formula is C28H23F2N5O. The highest BCUT2D eigenvalue weighted by molar-refractivity contribution is 6.05. The number of pyridine rings is 2. The van der Waals surface area contributed by atoms with Crippen LogP contribution in [0.3, 0.4) is 0 Å². The molecule has 3 heterocycles. The van der Waals surface area contributed by atoms with Crippen LogP contribution < -0.4 is 5.32 Å². The van der Waals surface area contributed by atoms with Gasteiger partial charge in [0.2, 0.25) is 5.91 Å². The largest absolute Gasteiger partial charge is 0.354 e. The summed E-state index contributed by atoms with van der Waals surface area (Å²) in [6.07, 6.45) is 5.69. The molecule has 0 aliphatic rings. The maximum absolute atomic E-state index is 13.9. The molecular weight excluding hydrogens is 460 g/mol. The number of fused-ring (bicyclic) bond motifs is 1. The smallest absolute Gasteiger partial charge is 0.219 e. The highest BCUT2D eigenvalue weighted by Gasteiger charge is 2.22. The molecule has 0 aliphatic heterocycles. The van der Waals surface area contributed by atoms with Crippen molar-refractivity contribution in [1.29, 1.82) is 0 Å². The highest BCUT2D eigenvalue weighted by Crippen LogP contribution is 2.42. The Balaban J connectivity index is 1.77. The lowest BCUT2D eigenvalue weighted by Crippen LogP contribution is -2.26. The van der Waals surface area contributed by atoms with Crippen molar-refractivity contribution in [2.75, 3.05) is 6.54 Å². The molecule has 1 N–H and O–H groups in total. The molecule has 0 aliphatic carbocycles. The van der Waals surface area contributed by atoms with Gasteiger partial charge in [0.15, 0.2) is 5.65 Å². The average molecular weight is 484 g/mol. The van der Waals surface area contributed by atoms with Crippen molar-refractivity contribution < 1.29 is 13.6 Å². The first-order valence-corrected chi connectivity index (χ1v) is 11.6. The summed E-state index contributed by atoms with van der Waals surface area (Å²) in [6, 6.07) is 16.2. The van der Waals surface area contributed by atoms with E-state index in [1.165, 1.54) is 24.3 Å². The lowest BCUT2D eigenvalue weighted by Gasteiger charge is -2.16. The third-order valence-corrected chi connectivity index (χ3v) is 5.92. The summed E-state index contributed by atoms with van der Waals surface area (Å²) >= 11 is 0. The Labute approximate surface area is 206 Å². The van der Waals surface area contributed by atoms with Crippen LogP contribution in [0.5, 0.6) is 0 Å². The summed E-state index contributed by atoms with van der Waals surface area (Å²) in [5, 5.41) is 8.30. The minimum absolute atomic E-state index is 0.0320. The maximum Gasteiger partial charge on any atom is 0.219 e. The van der Waals surface area contributed by atoms with E-state index in [2.05, 4.69) is 15.4 Å². The molecule has 2 aromatic carbocycles. The molecule has 5 aromatic rings. The van der Waals surface area contributed by atoms with Crippen molar-refractivity contribution in [2.24, 2.45) is 0 Å². The molecule has 0 atom stereocenters. The standard InChI is InChI=1S/C28H23F2N5O/c1-2-24(36)32-15-16-35-17-23-25(18-3-7-21(29)8-4-18)26(19-11-13-31-14-12-19)27(33-28(23)34-35)20-5-9-22(30)10-6-20/h3-14,17H,2,15-16H2,1H3,(H,32,36). The number of rotatable bonds is 7. The van der Waals surface area contributed by atoms with Gasteiger partial charge in [-0.3, -0.25) is 14.5 Å². The van der Waals surface area contributed by atoms with Gasteiger partial charge in [0.1, 0.15) is 11.6 Å². The summed E-state index contributed by atoms with van der Waals surface area (Å²) in [5.74, 6) is -0.714. The van der Waals surface area contributed by atoms with Gasteiger partial charge in [-0.25, -0.2) is 13.8 Å². The van der Waals surface area contributed by atoms with Gasteiger partial charge in [-0.15, -0.1) is 0 Å². The number of carbonyl (C=O) groups excluding carboxylic acids is 1. The third-order valence-electron chi connectivity index (χ3n) is 5.92. The van der Waals surface area contributed by atoms with Crippen molar-refractivity contribution >= 4 is 16.9 Å². The van der Waals surface area contributed by atoms with Gasteiger partial charge in [0, 0.05) is 53.6 Å². The molecule has 36 heavy (non-hydrogen) atoms. The Bertz CT molecular complexity index is 1510. The predicted molar refractivity (Wildman–Crippen MR) is 135 cm³/mol. The van der Waals surface area contributed by atoms with Crippen LogP contribution in [0.1, 0.15) is 13.3 Å². The van der Waals surface area contributed by atoms with Crippen LogP contribution >= 0.6 is 0 Å². The van der Waals surface area contributed by atoms with E-state index in [0.717, 1.165) is 33.2 Å². The van der Waals surface area contributed by atoms with E-state index in [-0.39, 0.29) is 17.5 Å². The van der Waals surface area contributed by atoms with Crippen molar-refractivity contribution in [2.45, 2.75) is 19.9 Å². The Morgan fingerprint density at radius 3 is 2.11 bits per heavy atom. The molecule has 0 saturated heterocycles. The minimum atomic E-state index is -0.345. The minimum Gasteiger partial charge on any atom is -0.354 e. The zero-order valence-electron chi connectivity index (χ0n) is 19.6. The van der Waals surface area contributed by atoms with Crippen molar-refractivity contribution in [1.82, 2.24) is 25.1 Å². The molecule has 0 spiro atoms. The van der Waals surface area contributed by atoms with E-state index in [1.54, 1.807) is 48.3 Å². The summed E-state index contributed by atoms with van der Waals surface area (Å²) < 4.78 is 29.3. The van der Waals surface area contributed by atoms with E-state index in [0.29, 0.717) is 30.9 Å². The number of amides is 1. The molecule has 6 nitrogen and oxygen atoms in total. The predicted octanol–water partition coefficient (Wildman–Crippen LogP) is 5.63. The Kier molecular flexibility index (Phi) is 6.49. The molecule has 0 saturated carbocycles. The number of hydrogen-bond donors (Lipinski definition) is 1. The van der Waals surface area contributed by atoms with Gasteiger partial charge < -0.3 is 5.32 Å². The summed E-state index contributed by atoms with van der Waals surface area (Å²) in [6.45, 7) is 2.68. The van der Waals surface area contributed by atoms with Crippen LogP contribution in [0, 0.1) is 11.6 Å². The topological polar surface area (TPSA) is 72.7 Å². The number of hydrogen-bond acceptors (Lipinski definition) is 4. The molecule has 8 heteroatoms. The second-order valence-corrected chi connectivity index (χ2v) is 8.29. The van der Waals surface area contributed by atoms with E-state index in [9.17, 15) is 13.6 Å². The fourth-order valence-corrected chi connectivity index (χ4v) is 4.17. The quantitative estimate of drug-likeness (QED) is 0.326. The molecule has 0 bridgehead atoms. The lowest BCUT2D eigenvalue weighted by molar-refractivity contribution is -0.120. The normalized spacial score (nSPS) is 11.1. The molecule has 5 rings (SSSR count). The number of nitrogens with zero attached hydrogens (tertiary/aromatic N) is 4. The van der Waals surface area contributed by atoms with Crippen LogP contribution in [-0.2, 0) is 11.3 Å². The maximum atomic E-state index is 13.9. The summed E-state index contributed by atoms with van der Waals surface area (Å²) in [4.78, 5) is 20.7. The number of benzene rings is 2. The highest BCUT2D eigenvalue weighted by atomic mass is 19.1. The molecule has 0 unspecified atom stereocenters. The van der Waals surface area contributed by atoms with Crippen molar-refractivity contribution in [3.63, 3.8) is 0 Å². The third kappa shape index (κ3) is 4.70. The Morgan fingerprint density at radius 1 is 0.861 bits per heavy atom. The average Bonchev–Trinajstić information content (AvgIpc) is 3.31. The summed E-state index contributed by atoms with van der Waals surface area (Å²) in [5.41, 5.74) is 5.12. The Hall–Kier alpha value is -4.46. The van der Waals surface area contributed by atoms with Crippen LogP contribution in [0.2, 0.25) is 0 Å². The lowest BCUT2D eigenvalue weighted by atomic mass is 9.90. The fourth-order valence-electron chi connectivity index (χ4n) is 4.17. The SMILES string of the molecule is CCC(=O)NCCn1cc2c(-c3ccc(F)cc3)c(-c3ccncc3)c(-c3ccc(F)cc3)nc2n1. The first-order chi connectivity index (χ1) is 17.5. The van der Waals surface area contributed by atoms with Gasteiger partial charge in [0.25, 0.3) is 0 Å². The van der Waals surface area contributed by atoms with Gasteiger partial charge in [0.05, 0.1) is 12.2 Å². The first kappa shape index (κ1) is 23.3. The van der Waals surface area contributed by atoms with Gasteiger partial charge in [-0.05, 0) is 59.7 Å². The molecule has 180 valence electrons. The van der Waals surface area contributed by atoms with Gasteiger partial charge in [-0.2, -0.15) is 5.10 Å². The van der Waals surface area contributed by atoms with Crippen LogP contribution in [0.25, 0.3) is 44.5 Å². The number of carbonyl (C=O) groups is 1. The molecule has 0 radical (unpaired) electrons. The van der Waals surface area contributed by atoms with Gasteiger partial charge in [-0.1, -0.05) is 19.1 Å². The zero-order chi connectivity index (χ0) is 25.1. The van der Waals surface area contributed by atoms with Crippen LogP contribution in [0.4, 0.5) is 8.78 Å². The molecule has 0 fully saturated rings. The second kappa shape index (κ2) is 10.0. The Morgan fingerprint density at radius 2 is 1.47 bits per heavy atom. The summed E-state index contributed by atoms with van der Waals surface area (Å²) in [7, 11) is 0. The number of aromatic nitrogens is 4. The molecule has 3 aromatic heterocycles. The number of halogens is 2. The van der Waals surface area contributed by atoms with E-state index >= 15 is 0 Å². The second-order valence-electron chi connectivity index (χ2n) is 8.29. The van der Waals surface area contributed by atoms with Crippen LogP contribution in [-0.4, -0.2) is 32.2 Å². The van der Waals surface area contributed by atoms with E-state index in [1.807, 2.05) is 18.3 Å². The van der Waals surface area contributed by atoms with Crippen LogP contribution in [0.15, 0.2) is 79.3 Å². The van der Waals surface area contributed by atoms with Gasteiger partial charge >= 0.3 is 0 Å². The monoisotopic (exact) mass is 483 g/mol. The zero-order valence-corrected chi connectivity index (χ0v) is 19.6. The molecule has 1 amide bonds. The van der Waals surface area contributed by atoms with Crippen molar-refractivity contribution in [3.05, 3.63) is 90.9 Å². The van der Waals surface area contributed by atoms with E-state index in [4.69, 9.17) is 4.98 Å². The number of nitrogens with one attached hydrogen (secondary N) is 1. The van der Waals surface area contributed by atoms with Crippen molar-refractivity contribution in [3.8, 4) is 33.5 Å². The first-order valence-electron chi connectivity index (χ1n) is 11.6. The fraction of sp³-hybridized carbons (Fsp3) is 0.143. The van der Waals surface area contributed by atoms with E-state index < -0.39 is 0 Å².